The number of hydrogen-bond acceptors (Lipinski definition) is 8. The Bertz CT molecular complexity index is 884. The van der Waals surface area contributed by atoms with Gasteiger partial charge in [0.05, 0.1) is 12.3 Å². The van der Waals surface area contributed by atoms with Crippen molar-refractivity contribution >= 4 is 40.5 Å². The van der Waals surface area contributed by atoms with E-state index in [0.29, 0.717) is 36.5 Å². The highest BCUT2D eigenvalue weighted by molar-refractivity contribution is 6.30. The molecule has 3 N–H and O–H groups in total. The van der Waals surface area contributed by atoms with Gasteiger partial charge in [-0.2, -0.15) is 4.98 Å². The normalized spacial score (nSPS) is 14.6. The maximum Gasteiger partial charge on any atom is 0.228 e. The number of benzene rings is 1. The summed E-state index contributed by atoms with van der Waals surface area (Å²) in [5, 5.41) is 11.0. The van der Waals surface area contributed by atoms with E-state index in [2.05, 4.69) is 32.8 Å². The summed E-state index contributed by atoms with van der Waals surface area (Å²) in [6.45, 7) is 9.52. The van der Waals surface area contributed by atoms with Crippen LogP contribution in [0, 0.1) is 0 Å². The molecule has 0 amide bonds. The zero-order chi connectivity index (χ0) is 22.1. The third-order valence-electron chi connectivity index (χ3n) is 5.01. The molecule has 0 atom stereocenters. The van der Waals surface area contributed by atoms with E-state index >= 15 is 0 Å². The van der Waals surface area contributed by atoms with Crippen molar-refractivity contribution in [2.45, 2.75) is 20.3 Å². The lowest BCUT2D eigenvalue weighted by atomic mass is 10.1. The van der Waals surface area contributed by atoms with Crippen molar-refractivity contribution in [3.05, 3.63) is 35.0 Å². The van der Waals surface area contributed by atoms with Crippen molar-refractivity contribution in [2.75, 3.05) is 68.5 Å². The van der Waals surface area contributed by atoms with E-state index in [-0.39, 0.29) is 0 Å². The fraction of sp³-hybridized carbons (Fsp3) is 0.500. The van der Waals surface area contributed by atoms with Crippen molar-refractivity contribution in [1.29, 1.82) is 0 Å². The largest absolute Gasteiger partial charge is 0.380 e. The Morgan fingerprint density at radius 1 is 1.26 bits per heavy atom. The summed E-state index contributed by atoms with van der Waals surface area (Å²) < 4.78 is 5.51. The topological polar surface area (TPSA) is 86.7 Å². The number of anilines is 4. The van der Waals surface area contributed by atoms with Gasteiger partial charge in [-0.15, -0.1) is 0 Å². The number of ether oxygens (including phenoxy) is 1. The Labute approximate surface area is 189 Å². The molecule has 2 aromatic rings. The van der Waals surface area contributed by atoms with Crippen LogP contribution in [-0.2, 0) is 4.74 Å². The molecule has 0 radical (unpaired) electrons. The fourth-order valence-corrected chi connectivity index (χ4v) is 3.64. The molecule has 8 nitrogen and oxygen atoms in total. The molecule has 2 heterocycles. The highest BCUT2D eigenvalue weighted by atomic mass is 35.5. The van der Waals surface area contributed by atoms with Crippen LogP contribution >= 0.6 is 11.6 Å². The van der Waals surface area contributed by atoms with Crippen LogP contribution in [0.2, 0.25) is 5.02 Å². The Kier molecular flexibility index (Phi) is 8.87. The molecule has 168 valence electrons. The van der Waals surface area contributed by atoms with Gasteiger partial charge in [0.25, 0.3) is 0 Å². The van der Waals surface area contributed by atoms with Crippen LogP contribution in [0.1, 0.15) is 26.0 Å². The van der Waals surface area contributed by atoms with Crippen molar-refractivity contribution in [3.63, 3.8) is 0 Å². The smallest absolute Gasteiger partial charge is 0.228 e. The van der Waals surface area contributed by atoms with Gasteiger partial charge in [-0.3, -0.25) is 4.99 Å². The molecule has 0 spiro atoms. The summed E-state index contributed by atoms with van der Waals surface area (Å²) in [6, 6.07) is 7.62. The molecule has 0 saturated carbocycles. The number of aliphatic imine (C=N–C) groups is 1. The van der Waals surface area contributed by atoms with Gasteiger partial charge in [0.15, 0.2) is 5.82 Å². The van der Waals surface area contributed by atoms with Gasteiger partial charge in [-0.05, 0) is 31.5 Å². The van der Waals surface area contributed by atoms with Crippen LogP contribution < -0.4 is 20.9 Å². The second kappa shape index (κ2) is 11.8. The Morgan fingerprint density at radius 2 is 2.06 bits per heavy atom. The third-order valence-corrected chi connectivity index (χ3v) is 5.25. The average Bonchev–Trinajstić information content (AvgIpc) is 2.79. The molecule has 9 heteroatoms. The molecule has 1 aliphatic rings. The lowest BCUT2D eigenvalue weighted by Gasteiger charge is -2.29. The molecular weight excluding hydrogens is 414 g/mol. The molecule has 1 aromatic heterocycles. The van der Waals surface area contributed by atoms with Crippen molar-refractivity contribution in [3.8, 4) is 0 Å². The molecule has 0 bridgehead atoms. The maximum atomic E-state index is 6.21. The number of nitrogens with one attached hydrogen (secondary N) is 3. The first-order chi connectivity index (χ1) is 15.2. The SMILES string of the molecule is CCOCCNc1c(Nc2cccc(Cl)c2)nc(N2CCNCC2)nc1C(CC)=NC. The molecular formula is C22H32ClN7O. The maximum absolute atomic E-state index is 6.21. The summed E-state index contributed by atoms with van der Waals surface area (Å²) >= 11 is 6.21. The van der Waals surface area contributed by atoms with E-state index < -0.39 is 0 Å². The minimum absolute atomic E-state index is 0.594. The van der Waals surface area contributed by atoms with Gasteiger partial charge >= 0.3 is 0 Å². The van der Waals surface area contributed by atoms with Gasteiger partial charge in [0.2, 0.25) is 5.95 Å². The molecule has 31 heavy (non-hydrogen) atoms. The lowest BCUT2D eigenvalue weighted by molar-refractivity contribution is 0.158. The zero-order valence-corrected chi connectivity index (χ0v) is 19.3. The number of aromatic nitrogens is 2. The van der Waals surface area contributed by atoms with Crippen molar-refractivity contribution in [2.24, 2.45) is 4.99 Å². The standard InChI is InChI=1S/C22H32ClN7O/c1-4-18(24-3)19-20(26-11-14-31-5-2)21(27-17-8-6-7-16(23)15-17)29-22(28-19)30-12-9-25-10-13-30/h6-8,15,25-26H,4-5,9-14H2,1-3H3,(H,27,28,29). The quantitative estimate of drug-likeness (QED) is 0.380. The number of piperazine rings is 1. The Morgan fingerprint density at radius 3 is 2.74 bits per heavy atom. The van der Waals surface area contributed by atoms with Gasteiger partial charge in [0.1, 0.15) is 11.4 Å². The van der Waals surface area contributed by atoms with Gasteiger partial charge < -0.3 is 25.6 Å². The minimum Gasteiger partial charge on any atom is -0.380 e. The van der Waals surface area contributed by atoms with Crippen molar-refractivity contribution < 1.29 is 4.74 Å². The third kappa shape index (κ3) is 6.29. The summed E-state index contributed by atoms with van der Waals surface area (Å²) in [4.78, 5) is 16.6. The van der Waals surface area contributed by atoms with Crippen molar-refractivity contribution in [1.82, 2.24) is 15.3 Å². The second-order valence-corrected chi connectivity index (χ2v) is 7.55. The van der Waals surface area contributed by atoms with E-state index in [1.165, 1.54) is 0 Å². The number of nitrogens with zero attached hydrogens (tertiary/aromatic N) is 4. The number of rotatable bonds is 10. The predicted octanol–water partition coefficient (Wildman–Crippen LogP) is 3.56. The predicted molar refractivity (Wildman–Crippen MR) is 130 cm³/mol. The highest BCUT2D eigenvalue weighted by Gasteiger charge is 2.22. The van der Waals surface area contributed by atoms with E-state index in [1.807, 2.05) is 31.2 Å². The van der Waals surface area contributed by atoms with Crippen LogP contribution in [0.15, 0.2) is 29.3 Å². The molecule has 1 aliphatic heterocycles. The molecule has 1 aromatic carbocycles. The summed E-state index contributed by atoms with van der Waals surface area (Å²) in [7, 11) is 1.81. The summed E-state index contributed by atoms with van der Waals surface area (Å²) in [5.74, 6) is 1.40. The first-order valence-electron chi connectivity index (χ1n) is 10.8. The number of halogens is 1. The van der Waals surface area contributed by atoms with E-state index in [9.17, 15) is 0 Å². The lowest BCUT2D eigenvalue weighted by Crippen LogP contribution is -2.44. The first kappa shape index (κ1) is 23.2. The Balaban J connectivity index is 2.05. The Hall–Kier alpha value is -2.42. The molecule has 0 aliphatic carbocycles. The molecule has 0 unspecified atom stereocenters. The number of hydrogen-bond donors (Lipinski definition) is 3. The van der Waals surface area contributed by atoms with Crippen LogP contribution in [0.4, 0.5) is 23.1 Å². The molecule has 1 fully saturated rings. The van der Waals surface area contributed by atoms with Crippen LogP contribution in [0.3, 0.4) is 0 Å². The second-order valence-electron chi connectivity index (χ2n) is 7.12. The van der Waals surface area contributed by atoms with E-state index in [1.54, 1.807) is 7.05 Å². The molecule has 1 saturated heterocycles. The van der Waals surface area contributed by atoms with Crippen LogP contribution in [0.5, 0.6) is 0 Å². The zero-order valence-electron chi connectivity index (χ0n) is 18.5. The van der Waals surface area contributed by atoms with Crippen LogP contribution in [-0.4, -0.2) is 68.7 Å². The molecule has 3 rings (SSSR count). The average molecular weight is 446 g/mol. The first-order valence-corrected chi connectivity index (χ1v) is 11.2. The minimum atomic E-state index is 0.594. The summed E-state index contributed by atoms with van der Waals surface area (Å²) in [6.07, 6.45) is 0.769. The monoisotopic (exact) mass is 445 g/mol. The fourth-order valence-electron chi connectivity index (χ4n) is 3.45. The van der Waals surface area contributed by atoms with Crippen LogP contribution in [0.25, 0.3) is 0 Å². The van der Waals surface area contributed by atoms with E-state index in [0.717, 1.165) is 55.4 Å². The van der Waals surface area contributed by atoms with Gasteiger partial charge in [-0.25, -0.2) is 4.98 Å². The van der Waals surface area contributed by atoms with Gasteiger partial charge in [0, 0.05) is 57.1 Å². The summed E-state index contributed by atoms with van der Waals surface area (Å²) in [5.41, 5.74) is 3.42. The highest BCUT2D eigenvalue weighted by Crippen LogP contribution is 2.31. The van der Waals surface area contributed by atoms with E-state index in [4.69, 9.17) is 26.3 Å². The van der Waals surface area contributed by atoms with Gasteiger partial charge in [-0.1, -0.05) is 24.6 Å².